The lowest BCUT2D eigenvalue weighted by Gasteiger charge is -2.36. The van der Waals surface area contributed by atoms with Crippen molar-refractivity contribution >= 4 is 33.4 Å². The number of piperidine rings is 2. The number of hydrogen-bond donors (Lipinski definition) is 2. The number of terminal acetylenes is 1. The normalized spacial score (nSPS) is 18.9. The molecule has 4 aromatic rings. The van der Waals surface area contributed by atoms with Gasteiger partial charge in [-0.1, -0.05) is 12.3 Å². The summed E-state index contributed by atoms with van der Waals surface area (Å²) in [5.41, 5.74) is -0.319. The molecular formula is C31H33F2N7O. The molecule has 41 heavy (non-hydrogen) atoms. The van der Waals surface area contributed by atoms with E-state index in [1.165, 1.54) is 12.3 Å². The maximum Gasteiger partial charge on any atom is 0.228 e. The standard InChI is InChI=1S/C31H33F2N7O/c1-4-21-24(32)9-8-19-15-34-16-22(25(19)21)27-26(33)28-23(17-36-27)29(39(3)18-20-7-5-6-12-35-20)38-30(37-28)40-13-10-31(2,41)11-14-40/h1,8-9,15-17,20,35,41H,5-7,10-14,18H2,2-3H3/t20-/m0/s1. The van der Waals surface area contributed by atoms with E-state index in [4.69, 9.17) is 16.4 Å². The Labute approximate surface area is 237 Å². The molecule has 2 fully saturated rings. The predicted molar refractivity (Wildman–Crippen MR) is 157 cm³/mol. The van der Waals surface area contributed by atoms with Gasteiger partial charge in [0.05, 0.1) is 16.6 Å². The molecule has 212 valence electrons. The number of nitrogens with one attached hydrogen (secondary N) is 1. The van der Waals surface area contributed by atoms with Gasteiger partial charge in [-0.2, -0.15) is 4.98 Å². The van der Waals surface area contributed by atoms with Crippen LogP contribution >= 0.6 is 0 Å². The second kappa shape index (κ2) is 10.8. The molecule has 0 unspecified atom stereocenters. The van der Waals surface area contributed by atoms with Gasteiger partial charge >= 0.3 is 0 Å². The van der Waals surface area contributed by atoms with Crippen molar-refractivity contribution in [2.24, 2.45) is 0 Å². The minimum Gasteiger partial charge on any atom is -0.390 e. The second-order valence-electron chi connectivity index (χ2n) is 11.4. The van der Waals surface area contributed by atoms with Crippen LogP contribution in [-0.2, 0) is 0 Å². The SMILES string of the molecule is C#Cc1c(F)ccc2cncc(-c3ncc4c(N(C)C[C@@H]5CCCCN5)nc(N5CCC(C)(O)CC5)nc4c3F)c12. The van der Waals surface area contributed by atoms with E-state index >= 15 is 4.39 Å². The molecule has 0 aliphatic carbocycles. The van der Waals surface area contributed by atoms with Crippen LogP contribution in [0.3, 0.4) is 0 Å². The monoisotopic (exact) mass is 557 g/mol. The lowest BCUT2D eigenvalue weighted by atomic mass is 9.94. The van der Waals surface area contributed by atoms with Crippen molar-refractivity contribution in [3.8, 4) is 23.6 Å². The van der Waals surface area contributed by atoms with Gasteiger partial charge in [0.25, 0.3) is 0 Å². The number of nitrogens with zero attached hydrogens (tertiary/aromatic N) is 6. The van der Waals surface area contributed by atoms with Crippen LogP contribution in [0.4, 0.5) is 20.5 Å². The summed E-state index contributed by atoms with van der Waals surface area (Å²) in [7, 11) is 1.95. The zero-order chi connectivity index (χ0) is 28.7. The molecule has 0 spiro atoms. The van der Waals surface area contributed by atoms with E-state index < -0.39 is 17.2 Å². The fourth-order valence-corrected chi connectivity index (χ4v) is 5.90. The summed E-state index contributed by atoms with van der Waals surface area (Å²) in [6.45, 7) is 4.58. The molecule has 10 heteroatoms. The van der Waals surface area contributed by atoms with Gasteiger partial charge in [0, 0.05) is 67.7 Å². The van der Waals surface area contributed by atoms with Crippen molar-refractivity contribution in [3.63, 3.8) is 0 Å². The molecule has 0 bridgehead atoms. The van der Waals surface area contributed by atoms with Crippen LogP contribution in [0.15, 0.2) is 30.7 Å². The number of anilines is 2. The number of likely N-dealkylation sites (N-methyl/N-ethyl adjacent to an activating group) is 1. The maximum atomic E-state index is 16.6. The molecule has 1 atom stereocenters. The molecule has 5 heterocycles. The van der Waals surface area contributed by atoms with Crippen LogP contribution in [0.25, 0.3) is 32.9 Å². The Balaban J connectivity index is 1.51. The molecule has 2 N–H and O–H groups in total. The highest BCUT2D eigenvalue weighted by Gasteiger charge is 2.30. The lowest BCUT2D eigenvalue weighted by Crippen LogP contribution is -2.44. The molecule has 2 aliphatic heterocycles. The van der Waals surface area contributed by atoms with E-state index in [1.54, 1.807) is 18.5 Å². The van der Waals surface area contributed by atoms with Gasteiger partial charge in [0.2, 0.25) is 5.95 Å². The average Bonchev–Trinajstić information content (AvgIpc) is 2.97. The largest absolute Gasteiger partial charge is 0.390 e. The van der Waals surface area contributed by atoms with Gasteiger partial charge in [0.1, 0.15) is 22.8 Å². The van der Waals surface area contributed by atoms with Crippen molar-refractivity contribution in [3.05, 3.63) is 47.9 Å². The zero-order valence-corrected chi connectivity index (χ0v) is 23.3. The summed E-state index contributed by atoms with van der Waals surface area (Å²) >= 11 is 0. The van der Waals surface area contributed by atoms with E-state index in [0.29, 0.717) is 72.0 Å². The minimum absolute atomic E-state index is 0.00789. The first-order chi connectivity index (χ1) is 19.8. The van der Waals surface area contributed by atoms with Gasteiger partial charge in [-0.15, -0.1) is 6.42 Å². The third-order valence-corrected chi connectivity index (χ3v) is 8.32. The number of benzene rings is 1. The lowest BCUT2D eigenvalue weighted by molar-refractivity contribution is 0.0349. The topological polar surface area (TPSA) is 90.3 Å². The van der Waals surface area contributed by atoms with Gasteiger partial charge in [-0.3, -0.25) is 9.97 Å². The number of halogens is 2. The fraction of sp³-hybridized carbons (Fsp3) is 0.419. The molecule has 8 nitrogen and oxygen atoms in total. The molecule has 0 radical (unpaired) electrons. The summed E-state index contributed by atoms with van der Waals surface area (Å²) in [6.07, 6.45) is 14.7. The first-order valence-electron chi connectivity index (χ1n) is 14.1. The number of fused-ring (bicyclic) bond motifs is 2. The number of aromatic nitrogens is 4. The summed E-state index contributed by atoms with van der Waals surface area (Å²) in [4.78, 5) is 22.4. The molecule has 1 aromatic carbocycles. The molecule has 2 aliphatic rings. The van der Waals surface area contributed by atoms with Crippen LogP contribution in [0.1, 0.15) is 44.6 Å². The molecular weight excluding hydrogens is 524 g/mol. The van der Waals surface area contributed by atoms with Gasteiger partial charge in [0.15, 0.2) is 5.82 Å². The Bertz CT molecular complexity index is 1650. The van der Waals surface area contributed by atoms with Crippen LogP contribution in [-0.4, -0.2) is 69.9 Å². The fourth-order valence-electron chi connectivity index (χ4n) is 5.90. The smallest absolute Gasteiger partial charge is 0.228 e. The van der Waals surface area contributed by atoms with E-state index in [1.807, 2.05) is 23.8 Å². The first-order valence-corrected chi connectivity index (χ1v) is 14.1. The molecule has 3 aromatic heterocycles. The summed E-state index contributed by atoms with van der Waals surface area (Å²) in [5.74, 6) is 2.17. The zero-order valence-electron chi connectivity index (χ0n) is 23.3. The van der Waals surface area contributed by atoms with Crippen LogP contribution < -0.4 is 15.1 Å². The second-order valence-corrected chi connectivity index (χ2v) is 11.4. The molecule has 6 rings (SSSR count). The molecule has 0 saturated carbocycles. The van der Waals surface area contributed by atoms with Crippen molar-refractivity contribution < 1.29 is 13.9 Å². The first kappa shape index (κ1) is 27.2. The summed E-state index contributed by atoms with van der Waals surface area (Å²) in [5, 5.41) is 15.5. The Morgan fingerprint density at radius 2 is 1.98 bits per heavy atom. The van der Waals surface area contributed by atoms with E-state index in [2.05, 4.69) is 21.2 Å². The molecule has 2 saturated heterocycles. The van der Waals surface area contributed by atoms with Crippen molar-refractivity contribution in [2.75, 3.05) is 43.0 Å². The maximum absolute atomic E-state index is 16.6. The summed E-state index contributed by atoms with van der Waals surface area (Å²) in [6, 6.07) is 3.15. The van der Waals surface area contributed by atoms with Crippen LogP contribution in [0.2, 0.25) is 0 Å². The van der Waals surface area contributed by atoms with E-state index in [-0.39, 0.29) is 16.8 Å². The number of pyridine rings is 2. The third-order valence-electron chi connectivity index (χ3n) is 8.32. The van der Waals surface area contributed by atoms with Gasteiger partial charge < -0.3 is 20.2 Å². The Kier molecular flexibility index (Phi) is 7.18. The van der Waals surface area contributed by atoms with Crippen LogP contribution in [0.5, 0.6) is 0 Å². The number of aliphatic hydroxyl groups is 1. The molecule has 0 amide bonds. The van der Waals surface area contributed by atoms with Crippen molar-refractivity contribution in [1.82, 2.24) is 25.3 Å². The van der Waals surface area contributed by atoms with E-state index in [0.717, 1.165) is 25.8 Å². The Morgan fingerprint density at radius 1 is 1.17 bits per heavy atom. The van der Waals surface area contributed by atoms with E-state index in [9.17, 15) is 9.50 Å². The van der Waals surface area contributed by atoms with Crippen molar-refractivity contribution in [2.45, 2.75) is 50.7 Å². The number of hydrogen-bond acceptors (Lipinski definition) is 8. The average molecular weight is 558 g/mol. The highest BCUT2D eigenvalue weighted by Crippen LogP contribution is 2.36. The quantitative estimate of drug-likeness (QED) is 0.349. The highest BCUT2D eigenvalue weighted by atomic mass is 19.1. The van der Waals surface area contributed by atoms with Crippen molar-refractivity contribution in [1.29, 1.82) is 0 Å². The highest BCUT2D eigenvalue weighted by molar-refractivity contribution is 6.01. The Morgan fingerprint density at radius 3 is 2.71 bits per heavy atom. The minimum atomic E-state index is -0.757. The Hall–Kier alpha value is -3.94. The third kappa shape index (κ3) is 5.16. The predicted octanol–water partition coefficient (Wildman–Crippen LogP) is 4.43. The van der Waals surface area contributed by atoms with Crippen LogP contribution in [0, 0.1) is 24.0 Å². The van der Waals surface area contributed by atoms with Gasteiger partial charge in [-0.05, 0) is 51.3 Å². The summed E-state index contributed by atoms with van der Waals surface area (Å²) < 4.78 is 31.3. The number of rotatable bonds is 5. The van der Waals surface area contributed by atoms with Gasteiger partial charge in [-0.25, -0.2) is 13.8 Å².